The van der Waals surface area contributed by atoms with Crippen LogP contribution in [0.2, 0.25) is 0 Å². The summed E-state index contributed by atoms with van der Waals surface area (Å²) in [6.07, 6.45) is 5.20. The fraction of sp³-hybridized carbons (Fsp3) is 0.250. The van der Waals surface area contributed by atoms with Crippen LogP contribution in [-0.4, -0.2) is 58.6 Å². The van der Waals surface area contributed by atoms with Gasteiger partial charge in [0.15, 0.2) is 17.4 Å². The molecule has 1 aliphatic rings. The van der Waals surface area contributed by atoms with Gasteiger partial charge in [-0.2, -0.15) is 4.39 Å². The van der Waals surface area contributed by atoms with Gasteiger partial charge in [0.05, 0.1) is 12.7 Å². The molecule has 0 atom stereocenters. The highest BCUT2D eigenvalue weighted by molar-refractivity contribution is 5.95. The SMILES string of the molecule is COc1c(F)c(F)cc(C(=O)N2CCN(c3cc(-n4cccc4)ncn3)CC2)c1F. The molecule has 0 spiro atoms. The number of amides is 1. The molecule has 1 aliphatic heterocycles. The molecule has 0 aliphatic carbocycles. The van der Waals surface area contributed by atoms with Crippen LogP contribution in [0.25, 0.3) is 5.82 Å². The highest BCUT2D eigenvalue weighted by Crippen LogP contribution is 2.28. The van der Waals surface area contributed by atoms with Gasteiger partial charge in [0, 0.05) is 44.6 Å². The standard InChI is InChI=1S/C20H18F3N5O2/c1-30-19-17(22)13(10-14(21)18(19)23)20(29)28-8-6-27(7-9-28)16-11-15(24-12-25-16)26-4-2-3-5-26/h2-5,10-12H,6-9H2,1H3. The molecule has 0 radical (unpaired) electrons. The van der Waals surface area contributed by atoms with E-state index in [1.807, 2.05) is 40.1 Å². The van der Waals surface area contributed by atoms with Gasteiger partial charge in [-0.25, -0.2) is 18.7 Å². The summed E-state index contributed by atoms with van der Waals surface area (Å²) in [7, 11) is 1.01. The predicted octanol–water partition coefficient (Wildman–Crippen LogP) is 2.66. The van der Waals surface area contributed by atoms with Crippen molar-refractivity contribution in [1.29, 1.82) is 0 Å². The second-order valence-electron chi connectivity index (χ2n) is 6.67. The van der Waals surface area contributed by atoms with E-state index in [2.05, 4.69) is 14.7 Å². The zero-order chi connectivity index (χ0) is 21.3. The van der Waals surface area contributed by atoms with E-state index in [1.54, 1.807) is 0 Å². The number of hydrogen-bond donors (Lipinski definition) is 0. The van der Waals surface area contributed by atoms with Crippen LogP contribution in [0.4, 0.5) is 19.0 Å². The number of aromatic nitrogens is 3. The third kappa shape index (κ3) is 3.56. The highest BCUT2D eigenvalue weighted by Gasteiger charge is 2.29. The van der Waals surface area contributed by atoms with Crippen molar-refractivity contribution >= 4 is 11.7 Å². The first-order valence-corrected chi connectivity index (χ1v) is 9.20. The molecule has 1 aromatic carbocycles. The molecule has 1 fully saturated rings. The van der Waals surface area contributed by atoms with Gasteiger partial charge in [-0.15, -0.1) is 0 Å². The largest absolute Gasteiger partial charge is 0.491 e. The van der Waals surface area contributed by atoms with E-state index in [-0.39, 0.29) is 13.1 Å². The van der Waals surface area contributed by atoms with E-state index in [0.717, 1.165) is 7.11 Å². The van der Waals surface area contributed by atoms with Crippen molar-refractivity contribution < 1.29 is 22.7 Å². The molecule has 7 nitrogen and oxygen atoms in total. The van der Waals surface area contributed by atoms with Crippen molar-refractivity contribution in [2.45, 2.75) is 0 Å². The first kappa shape index (κ1) is 19.7. The monoisotopic (exact) mass is 417 g/mol. The molecule has 156 valence electrons. The molecule has 1 saturated heterocycles. The van der Waals surface area contributed by atoms with Crippen molar-refractivity contribution in [3.63, 3.8) is 0 Å². The van der Waals surface area contributed by atoms with Crippen molar-refractivity contribution in [3.05, 3.63) is 66.0 Å². The lowest BCUT2D eigenvalue weighted by atomic mass is 10.1. The summed E-state index contributed by atoms with van der Waals surface area (Å²) in [5.74, 6) is -4.24. The molecule has 0 saturated carbocycles. The van der Waals surface area contributed by atoms with E-state index in [9.17, 15) is 18.0 Å². The fourth-order valence-corrected chi connectivity index (χ4v) is 3.36. The van der Waals surface area contributed by atoms with Crippen LogP contribution < -0.4 is 9.64 Å². The summed E-state index contributed by atoms with van der Waals surface area (Å²) >= 11 is 0. The van der Waals surface area contributed by atoms with E-state index in [0.29, 0.717) is 30.8 Å². The van der Waals surface area contributed by atoms with Crippen LogP contribution in [0.15, 0.2) is 43.0 Å². The van der Waals surface area contributed by atoms with Gasteiger partial charge in [0.2, 0.25) is 5.82 Å². The van der Waals surface area contributed by atoms with Crippen LogP contribution in [0.5, 0.6) is 5.75 Å². The molecule has 0 bridgehead atoms. The first-order chi connectivity index (χ1) is 14.5. The second-order valence-corrected chi connectivity index (χ2v) is 6.67. The minimum absolute atomic E-state index is 0.266. The molecular formula is C20H18F3N5O2. The number of benzene rings is 1. The van der Waals surface area contributed by atoms with Crippen molar-refractivity contribution in [3.8, 4) is 11.6 Å². The Morgan fingerprint density at radius 1 is 0.967 bits per heavy atom. The van der Waals surface area contributed by atoms with E-state index in [1.165, 1.54) is 11.2 Å². The maximum Gasteiger partial charge on any atom is 0.257 e. The Morgan fingerprint density at radius 3 is 2.30 bits per heavy atom. The molecule has 0 unspecified atom stereocenters. The number of ether oxygens (including phenoxy) is 1. The van der Waals surface area contributed by atoms with E-state index < -0.39 is 34.7 Å². The number of carbonyl (C=O) groups is 1. The van der Waals surface area contributed by atoms with E-state index in [4.69, 9.17) is 0 Å². The number of halogens is 3. The van der Waals surface area contributed by atoms with Crippen molar-refractivity contribution in [2.75, 3.05) is 38.2 Å². The van der Waals surface area contributed by atoms with Crippen LogP contribution in [0.3, 0.4) is 0 Å². The Labute approximate surface area is 170 Å². The van der Waals surface area contributed by atoms with Crippen LogP contribution in [0.1, 0.15) is 10.4 Å². The Bertz CT molecular complexity index is 1070. The molecule has 10 heteroatoms. The summed E-state index contributed by atoms with van der Waals surface area (Å²) in [5, 5.41) is 0. The average molecular weight is 417 g/mol. The number of piperazine rings is 1. The quantitative estimate of drug-likeness (QED) is 0.611. The minimum atomic E-state index is -1.46. The lowest BCUT2D eigenvalue weighted by Crippen LogP contribution is -2.49. The van der Waals surface area contributed by atoms with E-state index >= 15 is 0 Å². The van der Waals surface area contributed by atoms with Gasteiger partial charge in [-0.3, -0.25) is 4.79 Å². The van der Waals surface area contributed by atoms with Crippen LogP contribution >= 0.6 is 0 Å². The van der Waals surface area contributed by atoms with Crippen molar-refractivity contribution in [1.82, 2.24) is 19.4 Å². The minimum Gasteiger partial charge on any atom is -0.491 e. The topological polar surface area (TPSA) is 63.5 Å². The van der Waals surface area contributed by atoms with Gasteiger partial charge < -0.3 is 19.1 Å². The Hall–Kier alpha value is -3.56. The van der Waals surface area contributed by atoms with Gasteiger partial charge in [0.1, 0.15) is 18.0 Å². The molecule has 3 heterocycles. The predicted molar refractivity (Wildman–Crippen MR) is 102 cm³/mol. The summed E-state index contributed by atoms with van der Waals surface area (Å²) in [4.78, 5) is 24.6. The van der Waals surface area contributed by atoms with Crippen LogP contribution in [-0.2, 0) is 0 Å². The molecular weight excluding hydrogens is 399 g/mol. The van der Waals surface area contributed by atoms with Gasteiger partial charge in [-0.05, 0) is 18.2 Å². The highest BCUT2D eigenvalue weighted by atomic mass is 19.2. The van der Waals surface area contributed by atoms with Gasteiger partial charge >= 0.3 is 0 Å². The van der Waals surface area contributed by atoms with Gasteiger partial charge in [-0.1, -0.05) is 0 Å². The fourth-order valence-electron chi connectivity index (χ4n) is 3.36. The molecule has 3 aromatic rings. The third-order valence-electron chi connectivity index (χ3n) is 4.95. The molecule has 4 rings (SSSR count). The first-order valence-electron chi connectivity index (χ1n) is 9.20. The zero-order valence-corrected chi connectivity index (χ0v) is 16.1. The average Bonchev–Trinajstić information content (AvgIpc) is 3.31. The Balaban J connectivity index is 1.48. The maximum atomic E-state index is 14.4. The summed E-state index contributed by atoms with van der Waals surface area (Å²) < 4.78 is 48.2. The lowest BCUT2D eigenvalue weighted by molar-refractivity contribution is 0.0740. The zero-order valence-electron chi connectivity index (χ0n) is 16.1. The smallest absolute Gasteiger partial charge is 0.257 e. The number of carbonyl (C=O) groups excluding carboxylic acids is 1. The normalized spacial score (nSPS) is 14.1. The number of hydrogen-bond acceptors (Lipinski definition) is 5. The Morgan fingerprint density at radius 2 is 1.63 bits per heavy atom. The second kappa shape index (κ2) is 8.05. The number of methoxy groups -OCH3 is 1. The molecule has 1 amide bonds. The summed E-state index contributed by atoms with van der Waals surface area (Å²) in [6.45, 7) is 1.41. The Kier molecular flexibility index (Phi) is 5.30. The summed E-state index contributed by atoms with van der Waals surface area (Å²) in [6, 6.07) is 6.17. The number of nitrogens with zero attached hydrogens (tertiary/aromatic N) is 5. The summed E-state index contributed by atoms with van der Waals surface area (Å²) in [5.41, 5.74) is -0.559. The van der Waals surface area contributed by atoms with Crippen LogP contribution in [0, 0.1) is 17.5 Å². The third-order valence-corrected chi connectivity index (χ3v) is 4.95. The van der Waals surface area contributed by atoms with Crippen molar-refractivity contribution in [2.24, 2.45) is 0 Å². The number of anilines is 1. The molecule has 30 heavy (non-hydrogen) atoms. The number of rotatable bonds is 4. The molecule has 2 aromatic heterocycles. The van der Waals surface area contributed by atoms with Gasteiger partial charge in [0.25, 0.3) is 5.91 Å². The lowest BCUT2D eigenvalue weighted by Gasteiger charge is -2.35. The maximum absolute atomic E-state index is 14.4. The molecule has 0 N–H and O–H groups in total.